The second-order valence-electron chi connectivity index (χ2n) is 7.59. The first-order chi connectivity index (χ1) is 12.8. The molecule has 1 aromatic carbocycles. The van der Waals surface area contributed by atoms with Crippen LogP contribution >= 0.6 is 0 Å². The molecule has 5 nitrogen and oxygen atoms in total. The largest absolute Gasteiger partial charge is 0.349 e. The summed E-state index contributed by atoms with van der Waals surface area (Å²) in [6, 6.07) is 11.4. The van der Waals surface area contributed by atoms with E-state index in [0.717, 1.165) is 31.9 Å². The van der Waals surface area contributed by atoms with Gasteiger partial charge >= 0.3 is 0 Å². The Morgan fingerprint density at radius 3 is 2.88 bits per heavy atom. The van der Waals surface area contributed by atoms with Gasteiger partial charge in [-0.15, -0.1) is 0 Å². The maximum atomic E-state index is 12.6. The molecule has 2 aliphatic rings. The molecule has 0 radical (unpaired) electrons. The summed E-state index contributed by atoms with van der Waals surface area (Å²) in [7, 11) is 0. The van der Waals surface area contributed by atoms with Gasteiger partial charge in [-0.05, 0) is 37.3 Å². The molecule has 1 N–H and O–H groups in total. The van der Waals surface area contributed by atoms with Crippen LogP contribution in [0.1, 0.15) is 37.1 Å². The van der Waals surface area contributed by atoms with E-state index < -0.39 is 0 Å². The van der Waals surface area contributed by atoms with Crippen molar-refractivity contribution in [3.8, 4) is 0 Å². The van der Waals surface area contributed by atoms with Crippen LogP contribution in [-0.4, -0.2) is 51.4 Å². The number of aryl methyl sites for hydroxylation is 1. The number of aromatic amines is 1. The van der Waals surface area contributed by atoms with Gasteiger partial charge in [0.25, 0.3) is 0 Å². The molecule has 2 saturated heterocycles. The lowest BCUT2D eigenvalue weighted by Gasteiger charge is -2.47. The van der Waals surface area contributed by atoms with Gasteiger partial charge in [-0.1, -0.05) is 30.3 Å². The van der Waals surface area contributed by atoms with Gasteiger partial charge in [0.15, 0.2) is 0 Å². The molecule has 0 saturated carbocycles. The summed E-state index contributed by atoms with van der Waals surface area (Å²) in [4.78, 5) is 24.6. The number of amides is 1. The van der Waals surface area contributed by atoms with E-state index >= 15 is 0 Å². The van der Waals surface area contributed by atoms with Crippen LogP contribution in [0.15, 0.2) is 42.7 Å². The molecule has 2 aliphatic heterocycles. The van der Waals surface area contributed by atoms with Gasteiger partial charge in [0.1, 0.15) is 5.82 Å². The van der Waals surface area contributed by atoms with Crippen LogP contribution in [0.25, 0.3) is 0 Å². The minimum atomic E-state index is 0.278. The van der Waals surface area contributed by atoms with Crippen LogP contribution in [0.5, 0.6) is 0 Å². The third kappa shape index (κ3) is 3.98. The van der Waals surface area contributed by atoms with Gasteiger partial charge in [0.2, 0.25) is 5.91 Å². The summed E-state index contributed by atoms with van der Waals surface area (Å²) < 4.78 is 0. The third-order valence-electron chi connectivity index (χ3n) is 5.89. The molecule has 1 aromatic heterocycles. The van der Waals surface area contributed by atoms with E-state index in [-0.39, 0.29) is 5.91 Å². The number of nitrogens with one attached hydrogen (secondary N) is 1. The first-order valence-corrected chi connectivity index (χ1v) is 9.83. The fourth-order valence-electron chi connectivity index (χ4n) is 4.57. The molecule has 2 unspecified atom stereocenters. The highest BCUT2D eigenvalue weighted by atomic mass is 16.2. The van der Waals surface area contributed by atoms with Crippen molar-refractivity contribution < 1.29 is 4.79 Å². The number of likely N-dealkylation sites (tertiary alicyclic amines) is 2. The Morgan fingerprint density at radius 2 is 2.08 bits per heavy atom. The zero-order valence-electron chi connectivity index (χ0n) is 15.3. The number of rotatable bonds is 5. The van der Waals surface area contributed by atoms with Gasteiger partial charge < -0.3 is 9.88 Å². The van der Waals surface area contributed by atoms with Crippen LogP contribution in [0.4, 0.5) is 0 Å². The Kier molecular flexibility index (Phi) is 5.34. The quantitative estimate of drug-likeness (QED) is 0.900. The molecule has 0 spiro atoms. The predicted octanol–water partition coefficient (Wildman–Crippen LogP) is 2.86. The minimum absolute atomic E-state index is 0.278. The lowest BCUT2D eigenvalue weighted by molar-refractivity contribution is -0.135. The van der Waals surface area contributed by atoms with Crippen molar-refractivity contribution >= 4 is 5.91 Å². The summed E-state index contributed by atoms with van der Waals surface area (Å²) in [5.74, 6) is 1.80. The molecular formula is C21H28N4O. The Hall–Kier alpha value is -2.14. The van der Waals surface area contributed by atoms with E-state index in [1.54, 1.807) is 6.20 Å². The van der Waals surface area contributed by atoms with Crippen LogP contribution in [0, 0.1) is 5.92 Å². The molecular weight excluding hydrogens is 324 g/mol. The van der Waals surface area contributed by atoms with Gasteiger partial charge in [-0.2, -0.15) is 0 Å². The predicted molar refractivity (Wildman–Crippen MR) is 101 cm³/mol. The van der Waals surface area contributed by atoms with Crippen LogP contribution in [0.2, 0.25) is 0 Å². The summed E-state index contributed by atoms with van der Waals surface area (Å²) in [6.45, 7) is 4.04. The maximum absolute atomic E-state index is 12.6. The number of nitrogens with zero attached hydrogens (tertiary/aromatic N) is 3. The van der Waals surface area contributed by atoms with Crippen molar-refractivity contribution in [1.82, 2.24) is 19.8 Å². The number of hydrogen-bond donors (Lipinski definition) is 1. The molecule has 2 fully saturated rings. The van der Waals surface area contributed by atoms with E-state index in [1.807, 2.05) is 6.20 Å². The number of piperidine rings is 2. The van der Waals surface area contributed by atoms with Crippen LogP contribution < -0.4 is 0 Å². The average molecular weight is 352 g/mol. The standard InChI is InChI=1S/C21H28N4O/c26-21(9-8-20-22-11-12-23-20)25-14-10-19-18(16-25)7-4-13-24(19)15-17-5-2-1-3-6-17/h1-3,5-6,11-12,18-19H,4,7-10,13-16H2,(H,22,23). The number of H-pyrrole nitrogens is 1. The third-order valence-corrected chi connectivity index (χ3v) is 5.89. The van der Waals surface area contributed by atoms with Crippen molar-refractivity contribution in [2.75, 3.05) is 19.6 Å². The number of imidazole rings is 1. The summed E-state index contributed by atoms with van der Waals surface area (Å²) in [6.07, 6.45) is 8.41. The minimum Gasteiger partial charge on any atom is -0.349 e. The molecule has 4 rings (SSSR count). The average Bonchev–Trinajstić information content (AvgIpc) is 3.20. The van der Waals surface area contributed by atoms with Crippen LogP contribution in [-0.2, 0) is 17.8 Å². The first-order valence-electron chi connectivity index (χ1n) is 9.83. The van der Waals surface area contributed by atoms with Gasteiger partial charge in [0.05, 0.1) is 0 Å². The van der Waals surface area contributed by atoms with Gasteiger partial charge in [0, 0.05) is 50.9 Å². The Labute approximate surface area is 155 Å². The Morgan fingerprint density at radius 1 is 1.19 bits per heavy atom. The highest BCUT2D eigenvalue weighted by Gasteiger charge is 2.36. The Balaban J connectivity index is 1.32. The fourth-order valence-corrected chi connectivity index (χ4v) is 4.57. The van der Waals surface area contributed by atoms with Crippen molar-refractivity contribution in [2.45, 2.75) is 44.7 Å². The number of aromatic nitrogens is 2. The second-order valence-corrected chi connectivity index (χ2v) is 7.59. The normalized spacial score (nSPS) is 23.6. The van der Waals surface area contributed by atoms with Crippen LogP contribution in [0.3, 0.4) is 0 Å². The molecule has 5 heteroatoms. The second kappa shape index (κ2) is 8.04. The van der Waals surface area contributed by atoms with Crippen molar-refractivity contribution in [1.29, 1.82) is 0 Å². The zero-order chi connectivity index (χ0) is 17.8. The van der Waals surface area contributed by atoms with E-state index in [2.05, 4.69) is 50.1 Å². The molecule has 2 aromatic rings. The highest BCUT2D eigenvalue weighted by Crippen LogP contribution is 2.32. The van der Waals surface area contributed by atoms with Gasteiger partial charge in [-0.25, -0.2) is 4.98 Å². The molecule has 1 amide bonds. The SMILES string of the molecule is O=C(CCc1ncc[nH]1)N1CCC2C(CCCN2Cc2ccccc2)C1. The number of carbonyl (C=O) groups is 1. The number of carbonyl (C=O) groups excluding carboxylic acids is 1. The smallest absolute Gasteiger partial charge is 0.223 e. The van der Waals surface area contributed by atoms with E-state index in [4.69, 9.17) is 0 Å². The Bertz CT molecular complexity index is 700. The first kappa shape index (κ1) is 17.3. The molecule has 0 bridgehead atoms. The van der Waals surface area contributed by atoms with Crippen molar-refractivity contribution in [3.63, 3.8) is 0 Å². The van der Waals surface area contributed by atoms with Crippen molar-refractivity contribution in [3.05, 3.63) is 54.1 Å². The number of benzene rings is 1. The summed E-state index contributed by atoms with van der Waals surface area (Å²) in [5, 5.41) is 0. The topological polar surface area (TPSA) is 52.2 Å². The monoisotopic (exact) mass is 352 g/mol. The summed E-state index contributed by atoms with van der Waals surface area (Å²) in [5.41, 5.74) is 1.39. The zero-order valence-corrected chi connectivity index (χ0v) is 15.3. The van der Waals surface area contributed by atoms with E-state index in [1.165, 1.54) is 24.9 Å². The summed E-state index contributed by atoms with van der Waals surface area (Å²) >= 11 is 0. The van der Waals surface area contributed by atoms with Gasteiger partial charge in [-0.3, -0.25) is 9.69 Å². The maximum Gasteiger partial charge on any atom is 0.223 e. The van der Waals surface area contributed by atoms with E-state index in [9.17, 15) is 4.79 Å². The number of hydrogen-bond acceptors (Lipinski definition) is 3. The molecule has 0 aliphatic carbocycles. The van der Waals surface area contributed by atoms with E-state index in [0.29, 0.717) is 24.8 Å². The molecule has 138 valence electrons. The molecule has 26 heavy (non-hydrogen) atoms. The molecule has 2 atom stereocenters. The lowest BCUT2D eigenvalue weighted by Crippen LogP contribution is -2.54. The highest BCUT2D eigenvalue weighted by molar-refractivity contribution is 5.76. The lowest BCUT2D eigenvalue weighted by atomic mass is 9.83. The fraction of sp³-hybridized carbons (Fsp3) is 0.524. The number of fused-ring (bicyclic) bond motifs is 1. The van der Waals surface area contributed by atoms with Crippen molar-refractivity contribution in [2.24, 2.45) is 5.92 Å². The molecule has 3 heterocycles.